The third-order valence-corrected chi connectivity index (χ3v) is 9.17. The molecule has 10 heteroatoms. The molecule has 0 spiro atoms. The lowest BCUT2D eigenvalue weighted by Gasteiger charge is -2.42. The van der Waals surface area contributed by atoms with Crippen LogP contribution in [0.4, 0.5) is 23.1 Å². The van der Waals surface area contributed by atoms with Gasteiger partial charge in [-0.05, 0) is 67.6 Å². The Balaban J connectivity index is 1.30. The molecule has 0 radical (unpaired) electrons. The van der Waals surface area contributed by atoms with E-state index in [4.69, 9.17) is 26.7 Å². The first-order chi connectivity index (χ1) is 17.9. The predicted molar refractivity (Wildman–Crippen MR) is 146 cm³/mol. The number of carboxylic acid groups (broad SMARTS) is 1. The van der Waals surface area contributed by atoms with E-state index >= 15 is 0 Å². The van der Waals surface area contributed by atoms with Crippen molar-refractivity contribution in [2.75, 3.05) is 34.0 Å². The number of carbonyl (C=O) groups is 1. The second-order valence-corrected chi connectivity index (χ2v) is 11.8. The molecule has 8 nitrogen and oxygen atoms in total. The van der Waals surface area contributed by atoms with Gasteiger partial charge in [-0.2, -0.15) is 4.98 Å². The number of rotatable bonds is 6. The molecule has 0 aliphatic carbocycles. The first-order valence-corrected chi connectivity index (χ1v) is 14.3. The zero-order valence-electron chi connectivity index (χ0n) is 20.3. The highest BCUT2D eigenvalue weighted by Gasteiger charge is 2.42. The predicted octanol–water partition coefficient (Wildman–Crippen LogP) is 4.41. The molecule has 3 aliphatic rings. The van der Waals surface area contributed by atoms with Crippen LogP contribution in [0.2, 0.25) is 5.02 Å². The fourth-order valence-corrected chi connectivity index (χ4v) is 7.13. The van der Waals surface area contributed by atoms with Crippen LogP contribution in [0.15, 0.2) is 53.4 Å². The van der Waals surface area contributed by atoms with Crippen molar-refractivity contribution in [2.45, 2.75) is 49.1 Å². The summed E-state index contributed by atoms with van der Waals surface area (Å²) in [5, 5.41) is 13.2. The van der Waals surface area contributed by atoms with Crippen LogP contribution < -0.4 is 15.1 Å². The Bertz CT molecular complexity index is 1340. The number of aliphatic carboxylic acids is 1. The summed E-state index contributed by atoms with van der Waals surface area (Å²) in [7, 11) is -1.16. The number of aromatic nitrogens is 2. The largest absolute Gasteiger partial charge is 0.481 e. The van der Waals surface area contributed by atoms with Crippen molar-refractivity contribution in [1.29, 1.82) is 0 Å². The van der Waals surface area contributed by atoms with Gasteiger partial charge in [0.2, 0.25) is 5.95 Å². The second-order valence-electron chi connectivity index (χ2n) is 9.87. The Hall–Kier alpha value is -3.17. The van der Waals surface area contributed by atoms with Crippen LogP contribution in [-0.4, -0.2) is 56.2 Å². The van der Waals surface area contributed by atoms with Gasteiger partial charge in [-0.1, -0.05) is 23.7 Å². The van der Waals surface area contributed by atoms with Gasteiger partial charge < -0.3 is 20.2 Å². The molecule has 2 bridgehead atoms. The minimum Gasteiger partial charge on any atom is -0.481 e. The molecule has 2 aromatic carbocycles. The smallest absolute Gasteiger partial charge is 0.307 e. The van der Waals surface area contributed by atoms with Gasteiger partial charge in [-0.3, -0.25) is 9.00 Å². The zero-order chi connectivity index (χ0) is 25.5. The third-order valence-electron chi connectivity index (χ3n) is 7.37. The Kier molecular flexibility index (Phi) is 6.50. The first kappa shape index (κ1) is 24.2. The first-order valence-electron chi connectivity index (χ1n) is 12.6. The number of hydrogen-bond acceptors (Lipinski definition) is 7. The molecule has 37 heavy (non-hydrogen) atoms. The van der Waals surface area contributed by atoms with Gasteiger partial charge in [0.05, 0.1) is 22.9 Å². The number of halogens is 1. The lowest BCUT2D eigenvalue weighted by Crippen LogP contribution is -2.54. The highest BCUT2D eigenvalue weighted by atomic mass is 35.5. The zero-order valence-corrected chi connectivity index (χ0v) is 21.8. The number of benzene rings is 2. The van der Waals surface area contributed by atoms with E-state index in [9.17, 15) is 9.00 Å². The van der Waals surface area contributed by atoms with E-state index in [0.29, 0.717) is 34.5 Å². The van der Waals surface area contributed by atoms with Crippen molar-refractivity contribution in [3.63, 3.8) is 0 Å². The van der Waals surface area contributed by atoms with E-state index < -0.39 is 16.8 Å². The van der Waals surface area contributed by atoms with Crippen LogP contribution in [0.5, 0.6) is 0 Å². The molecule has 2 N–H and O–H groups in total. The lowest BCUT2D eigenvalue weighted by atomic mass is 10.1. The lowest BCUT2D eigenvalue weighted by molar-refractivity contribution is -0.136. The van der Waals surface area contributed by atoms with Crippen molar-refractivity contribution >= 4 is 51.5 Å². The maximum absolute atomic E-state index is 13.0. The second kappa shape index (κ2) is 9.95. The Labute approximate surface area is 223 Å². The summed E-state index contributed by atoms with van der Waals surface area (Å²) < 4.78 is 13.0. The fraction of sp³-hybridized carbons (Fsp3) is 0.370. The minimum atomic E-state index is -1.16. The van der Waals surface area contributed by atoms with Crippen molar-refractivity contribution in [3.05, 3.63) is 64.8 Å². The maximum Gasteiger partial charge on any atom is 0.307 e. The van der Waals surface area contributed by atoms with Gasteiger partial charge in [0.25, 0.3) is 0 Å². The van der Waals surface area contributed by atoms with Gasteiger partial charge in [0.1, 0.15) is 4.90 Å². The number of fused-ring (bicyclic) bond motifs is 3. The summed E-state index contributed by atoms with van der Waals surface area (Å²) >= 11 is 6.10. The Morgan fingerprint density at radius 2 is 1.76 bits per heavy atom. The van der Waals surface area contributed by atoms with E-state index in [0.717, 1.165) is 60.7 Å². The highest BCUT2D eigenvalue weighted by Crippen LogP contribution is 2.38. The summed E-state index contributed by atoms with van der Waals surface area (Å²) in [5.74, 6) is 1.03. The van der Waals surface area contributed by atoms with E-state index in [1.54, 1.807) is 12.1 Å². The van der Waals surface area contributed by atoms with E-state index in [2.05, 4.69) is 27.2 Å². The van der Waals surface area contributed by atoms with Crippen molar-refractivity contribution in [3.8, 4) is 0 Å². The van der Waals surface area contributed by atoms with Crippen LogP contribution in [0, 0.1) is 0 Å². The van der Waals surface area contributed by atoms with Crippen molar-refractivity contribution in [1.82, 2.24) is 9.97 Å². The molecule has 3 aliphatic heterocycles. The quantitative estimate of drug-likeness (QED) is 0.477. The van der Waals surface area contributed by atoms with Gasteiger partial charge in [0, 0.05) is 47.3 Å². The molecule has 2 unspecified atom stereocenters. The molecule has 192 valence electrons. The molecule has 2 saturated heterocycles. The van der Waals surface area contributed by atoms with E-state index in [1.807, 2.05) is 24.3 Å². The number of aryl methyl sites for hydroxylation is 1. The number of anilines is 4. The normalized spacial score (nSPS) is 22.6. The molecule has 2 fully saturated rings. The molecule has 4 heterocycles. The minimum absolute atomic E-state index is 0.0257. The Morgan fingerprint density at radius 3 is 2.43 bits per heavy atom. The number of carboxylic acids is 1. The topological polar surface area (TPSA) is 98.7 Å². The number of nitrogens with zero attached hydrogens (tertiary/aromatic N) is 4. The van der Waals surface area contributed by atoms with Gasteiger partial charge in [-0.15, -0.1) is 0 Å². The Morgan fingerprint density at radius 1 is 1.05 bits per heavy atom. The molecule has 6 rings (SSSR count). The van der Waals surface area contributed by atoms with Crippen LogP contribution in [0.25, 0.3) is 0 Å². The van der Waals surface area contributed by atoms with Crippen LogP contribution in [-0.2, 0) is 28.4 Å². The standard InChI is InChI=1S/C27H28ClN5O3S/c28-18-5-9-20(10-6-18)32-15-21-11-12-22(16-32)33(21)27-30-23-2-1-13-37(36)25(23)26(31-27)29-19-7-3-17(4-8-19)14-24(34)35/h3-10,21-22H,1-2,11-16H2,(H,34,35)(H,29,30,31)/t21?,22?,37-/m1/s1. The third kappa shape index (κ3) is 4.90. The van der Waals surface area contributed by atoms with Gasteiger partial charge in [-0.25, -0.2) is 4.98 Å². The summed E-state index contributed by atoms with van der Waals surface area (Å²) in [6.07, 6.45) is 3.76. The molecule has 1 aromatic heterocycles. The highest BCUT2D eigenvalue weighted by molar-refractivity contribution is 7.85. The summed E-state index contributed by atoms with van der Waals surface area (Å²) in [4.78, 5) is 26.4. The van der Waals surface area contributed by atoms with E-state index in [-0.39, 0.29) is 6.42 Å². The van der Waals surface area contributed by atoms with Gasteiger partial charge >= 0.3 is 5.97 Å². The van der Waals surface area contributed by atoms with Gasteiger partial charge in [0.15, 0.2) is 5.82 Å². The van der Waals surface area contributed by atoms with E-state index in [1.165, 1.54) is 5.69 Å². The molecule has 0 amide bonds. The SMILES string of the molecule is O=C(O)Cc1ccc(Nc2nc(N3C4CCC3CN(c3ccc(Cl)cc3)C4)nc3c2[S@](=O)CCC3)cc1. The summed E-state index contributed by atoms with van der Waals surface area (Å²) in [5.41, 5.74) is 3.54. The van der Waals surface area contributed by atoms with Crippen LogP contribution >= 0.6 is 11.6 Å². The average Bonchev–Trinajstić information content (AvgIpc) is 3.14. The number of piperazine rings is 1. The van der Waals surface area contributed by atoms with Crippen molar-refractivity contribution in [2.24, 2.45) is 0 Å². The van der Waals surface area contributed by atoms with Crippen LogP contribution in [0.1, 0.15) is 30.5 Å². The molecule has 3 aromatic rings. The van der Waals surface area contributed by atoms with Crippen LogP contribution in [0.3, 0.4) is 0 Å². The number of nitrogens with one attached hydrogen (secondary N) is 1. The molecule has 0 saturated carbocycles. The average molecular weight is 538 g/mol. The molecule has 3 atom stereocenters. The molecular formula is C27H28ClN5O3S. The number of hydrogen-bond donors (Lipinski definition) is 2. The maximum atomic E-state index is 13.0. The fourth-order valence-electron chi connectivity index (χ4n) is 5.68. The summed E-state index contributed by atoms with van der Waals surface area (Å²) in [6.45, 7) is 1.77. The monoisotopic (exact) mass is 537 g/mol. The summed E-state index contributed by atoms with van der Waals surface area (Å²) in [6, 6.07) is 15.9. The van der Waals surface area contributed by atoms with Crippen molar-refractivity contribution < 1.29 is 14.1 Å². The molecular weight excluding hydrogens is 510 g/mol.